The predicted octanol–water partition coefficient (Wildman–Crippen LogP) is 4.88. The highest BCUT2D eigenvalue weighted by molar-refractivity contribution is 6.30. The Morgan fingerprint density at radius 1 is 1.09 bits per heavy atom. The number of amides is 1. The first-order valence-corrected chi connectivity index (χ1v) is 10.4. The fraction of sp³-hybridized carbons (Fsp3) is 0.160. The molecule has 0 saturated heterocycles. The molecule has 0 aliphatic heterocycles. The second kappa shape index (κ2) is 11.5. The molecule has 0 aromatic heterocycles. The van der Waals surface area contributed by atoms with Gasteiger partial charge in [-0.3, -0.25) is 4.79 Å². The van der Waals surface area contributed by atoms with E-state index in [9.17, 15) is 4.79 Å². The summed E-state index contributed by atoms with van der Waals surface area (Å²) < 4.78 is 11.3. The van der Waals surface area contributed by atoms with E-state index in [-0.39, 0.29) is 18.9 Å². The highest BCUT2D eigenvalue weighted by Crippen LogP contribution is 2.22. The van der Waals surface area contributed by atoms with Gasteiger partial charge in [-0.2, -0.15) is 10.4 Å². The van der Waals surface area contributed by atoms with Crippen LogP contribution in [-0.4, -0.2) is 18.7 Å². The number of hydrogen-bond acceptors (Lipinski definition) is 5. The molecule has 3 aromatic rings. The number of halogens is 1. The largest absolute Gasteiger partial charge is 0.494 e. The zero-order valence-electron chi connectivity index (χ0n) is 17.5. The van der Waals surface area contributed by atoms with Crippen LogP contribution in [0.4, 0.5) is 0 Å². The van der Waals surface area contributed by atoms with E-state index in [1.165, 1.54) is 6.21 Å². The van der Waals surface area contributed by atoms with Crippen molar-refractivity contribution >= 4 is 23.7 Å². The molecule has 0 saturated carbocycles. The van der Waals surface area contributed by atoms with Crippen molar-refractivity contribution in [2.24, 2.45) is 5.10 Å². The SMILES string of the molecule is CCOc1ccc(CC(=O)N/N=C\c2cc(Cl)ccc2OCc2cccc(C#N)c2)cc1. The second-order valence-electron chi connectivity index (χ2n) is 6.83. The van der Waals surface area contributed by atoms with Crippen LogP contribution < -0.4 is 14.9 Å². The van der Waals surface area contributed by atoms with Crippen LogP contribution in [0.1, 0.15) is 29.2 Å². The fourth-order valence-electron chi connectivity index (χ4n) is 2.91. The Morgan fingerprint density at radius 2 is 1.91 bits per heavy atom. The Bertz CT molecular complexity index is 1140. The number of ether oxygens (including phenoxy) is 2. The van der Waals surface area contributed by atoms with Gasteiger partial charge in [-0.1, -0.05) is 35.9 Å². The molecule has 162 valence electrons. The van der Waals surface area contributed by atoms with E-state index < -0.39 is 0 Å². The number of nitrogens with one attached hydrogen (secondary N) is 1. The molecule has 32 heavy (non-hydrogen) atoms. The average Bonchev–Trinajstić information content (AvgIpc) is 2.80. The minimum Gasteiger partial charge on any atom is -0.494 e. The van der Waals surface area contributed by atoms with Crippen LogP contribution in [0, 0.1) is 11.3 Å². The Balaban J connectivity index is 1.60. The Hall–Kier alpha value is -3.82. The predicted molar refractivity (Wildman–Crippen MR) is 124 cm³/mol. The Morgan fingerprint density at radius 3 is 2.66 bits per heavy atom. The van der Waals surface area contributed by atoms with E-state index in [2.05, 4.69) is 16.6 Å². The summed E-state index contributed by atoms with van der Waals surface area (Å²) in [4.78, 5) is 12.2. The lowest BCUT2D eigenvalue weighted by atomic mass is 10.1. The number of carbonyl (C=O) groups excluding carboxylic acids is 1. The van der Waals surface area contributed by atoms with Crippen LogP contribution in [0.3, 0.4) is 0 Å². The van der Waals surface area contributed by atoms with E-state index in [1.54, 1.807) is 36.4 Å². The van der Waals surface area contributed by atoms with Crippen molar-refractivity contribution in [1.82, 2.24) is 5.43 Å². The second-order valence-corrected chi connectivity index (χ2v) is 7.27. The third-order valence-corrected chi connectivity index (χ3v) is 4.65. The van der Waals surface area contributed by atoms with Crippen LogP contribution in [0.25, 0.3) is 0 Å². The summed E-state index contributed by atoms with van der Waals surface area (Å²) in [6, 6.07) is 21.8. The summed E-state index contributed by atoms with van der Waals surface area (Å²) in [6.07, 6.45) is 1.68. The summed E-state index contributed by atoms with van der Waals surface area (Å²) in [7, 11) is 0. The lowest BCUT2D eigenvalue weighted by Crippen LogP contribution is -2.19. The van der Waals surface area contributed by atoms with Crippen LogP contribution in [0.2, 0.25) is 5.02 Å². The summed E-state index contributed by atoms with van der Waals surface area (Å²) >= 11 is 6.11. The van der Waals surface area contributed by atoms with Crippen LogP contribution in [-0.2, 0) is 17.8 Å². The summed E-state index contributed by atoms with van der Waals surface area (Å²) in [5.41, 5.74) is 5.43. The van der Waals surface area contributed by atoms with Gasteiger partial charge in [-0.15, -0.1) is 0 Å². The van der Waals surface area contributed by atoms with Gasteiger partial charge in [0.25, 0.3) is 0 Å². The van der Waals surface area contributed by atoms with Gasteiger partial charge in [0.1, 0.15) is 18.1 Å². The molecular weight excluding hydrogens is 426 g/mol. The summed E-state index contributed by atoms with van der Waals surface area (Å²) in [5.74, 6) is 1.08. The van der Waals surface area contributed by atoms with Crippen LogP contribution in [0.5, 0.6) is 11.5 Å². The van der Waals surface area contributed by atoms with Crippen LogP contribution in [0.15, 0.2) is 71.8 Å². The number of nitrogens with zero attached hydrogens (tertiary/aromatic N) is 2. The van der Waals surface area contributed by atoms with Gasteiger partial charge in [0.05, 0.1) is 30.9 Å². The number of hydrogen-bond donors (Lipinski definition) is 1. The number of hydrazone groups is 1. The van der Waals surface area contributed by atoms with E-state index in [0.717, 1.165) is 16.9 Å². The molecule has 0 atom stereocenters. The minimum absolute atomic E-state index is 0.192. The molecule has 0 unspecified atom stereocenters. The molecule has 3 aromatic carbocycles. The number of rotatable bonds is 9. The zero-order valence-corrected chi connectivity index (χ0v) is 18.3. The monoisotopic (exact) mass is 447 g/mol. The third kappa shape index (κ3) is 6.86. The first-order chi connectivity index (χ1) is 15.6. The van der Waals surface area contributed by atoms with Gasteiger partial charge in [0.15, 0.2) is 0 Å². The molecule has 7 heteroatoms. The number of benzene rings is 3. The van der Waals surface area contributed by atoms with Crippen molar-refractivity contribution in [2.45, 2.75) is 20.0 Å². The van der Waals surface area contributed by atoms with Crippen molar-refractivity contribution in [3.05, 3.63) is 94.0 Å². The molecule has 1 amide bonds. The number of carbonyl (C=O) groups is 1. The molecule has 0 aliphatic rings. The first-order valence-electron chi connectivity index (χ1n) is 10.0. The molecule has 6 nitrogen and oxygen atoms in total. The van der Waals surface area contributed by atoms with E-state index in [1.807, 2.05) is 37.3 Å². The van der Waals surface area contributed by atoms with Crippen molar-refractivity contribution in [3.8, 4) is 17.6 Å². The van der Waals surface area contributed by atoms with Gasteiger partial charge in [0.2, 0.25) is 5.91 Å². The molecule has 0 aliphatic carbocycles. The van der Waals surface area contributed by atoms with Gasteiger partial charge in [0, 0.05) is 10.6 Å². The maximum absolute atomic E-state index is 12.2. The molecule has 3 rings (SSSR count). The minimum atomic E-state index is -0.247. The fourth-order valence-corrected chi connectivity index (χ4v) is 3.09. The molecule has 1 N–H and O–H groups in total. The first kappa shape index (κ1) is 22.9. The third-order valence-electron chi connectivity index (χ3n) is 4.41. The van der Waals surface area contributed by atoms with E-state index in [0.29, 0.717) is 28.5 Å². The van der Waals surface area contributed by atoms with E-state index in [4.69, 9.17) is 26.3 Å². The van der Waals surface area contributed by atoms with Crippen molar-refractivity contribution < 1.29 is 14.3 Å². The molecule has 0 fully saturated rings. The highest BCUT2D eigenvalue weighted by atomic mass is 35.5. The van der Waals surface area contributed by atoms with Crippen molar-refractivity contribution in [2.75, 3.05) is 6.61 Å². The van der Waals surface area contributed by atoms with Crippen LogP contribution >= 0.6 is 11.6 Å². The molecule has 0 spiro atoms. The van der Waals surface area contributed by atoms with E-state index >= 15 is 0 Å². The summed E-state index contributed by atoms with van der Waals surface area (Å²) in [6.45, 7) is 2.79. The van der Waals surface area contributed by atoms with Gasteiger partial charge in [-0.25, -0.2) is 5.43 Å². The number of nitriles is 1. The lowest BCUT2D eigenvalue weighted by Gasteiger charge is -2.10. The van der Waals surface area contributed by atoms with Crippen molar-refractivity contribution in [1.29, 1.82) is 5.26 Å². The maximum atomic E-state index is 12.2. The standard InChI is InChI=1S/C25H22ClN3O3/c1-2-31-23-9-6-18(7-10-23)13-25(30)29-28-16-21-14-22(26)8-11-24(21)32-17-20-5-3-4-19(12-20)15-27/h3-12,14,16H,2,13,17H2,1H3,(H,29,30)/b28-16-. The highest BCUT2D eigenvalue weighted by Gasteiger charge is 2.06. The lowest BCUT2D eigenvalue weighted by molar-refractivity contribution is -0.120. The normalized spacial score (nSPS) is 10.5. The smallest absolute Gasteiger partial charge is 0.244 e. The maximum Gasteiger partial charge on any atom is 0.244 e. The molecule has 0 bridgehead atoms. The molecule has 0 radical (unpaired) electrons. The van der Waals surface area contributed by atoms with Crippen molar-refractivity contribution in [3.63, 3.8) is 0 Å². The Labute approximate surface area is 192 Å². The van der Waals surface area contributed by atoms with Gasteiger partial charge < -0.3 is 9.47 Å². The quantitative estimate of drug-likeness (QED) is 0.374. The Kier molecular flexibility index (Phi) is 8.24. The molecule has 0 heterocycles. The molecular formula is C25H22ClN3O3. The average molecular weight is 448 g/mol. The van der Waals surface area contributed by atoms with Gasteiger partial charge in [-0.05, 0) is 60.5 Å². The summed E-state index contributed by atoms with van der Waals surface area (Å²) in [5, 5.41) is 13.6. The zero-order chi connectivity index (χ0) is 22.8. The van der Waals surface area contributed by atoms with Gasteiger partial charge >= 0.3 is 0 Å². The topological polar surface area (TPSA) is 83.7 Å².